The molecule has 0 saturated carbocycles. The smallest absolute Gasteiger partial charge is 0.269 e. The van der Waals surface area contributed by atoms with Gasteiger partial charge < -0.3 is 14.8 Å². The van der Waals surface area contributed by atoms with Gasteiger partial charge in [0.15, 0.2) is 0 Å². The van der Waals surface area contributed by atoms with E-state index in [0.717, 1.165) is 25.0 Å². The number of carbonyl (C=O) groups excluding carboxylic acids is 1. The molecule has 3 aromatic carbocycles. The number of benzene rings is 3. The van der Waals surface area contributed by atoms with Crippen LogP contribution in [0.2, 0.25) is 0 Å². The Morgan fingerprint density at radius 2 is 1.68 bits per heavy atom. The number of sulfone groups is 1. The predicted octanol–water partition coefficient (Wildman–Crippen LogP) is 4.24. The van der Waals surface area contributed by atoms with Crippen LogP contribution in [0.3, 0.4) is 0 Å². The fourth-order valence-corrected chi connectivity index (χ4v) is 4.80. The number of anilines is 1. The van der Waals surface area contributed by atoms with E-state index in [1.807, 2.05) is 0 Å². The fraction of sp³-hybridized carbons (Fsp3) is 0.208. The molecule has 0 aliphatic carbocycles. The van der Waals surface area contributed by atoms with Crippen molar-refractivity contribution in [1.82, 2.24) is 0 Å². The average molecular weight is 483 g/mol. The number of nitro benzene ring substituents is 1. The Labute approximate surface area is 196 Å². The van der Waals surface area contributed by atoms with E-state index >= 15 is 0 Å². The second-order valence-corrected chi connectivity index (χ2v) is 9.62. The lowest BCUT2D eigenvalue weighted by Gasteiger charge is -2.14. The number of nitro groups is 1. The number of ether oxygens (including phenoxy) is 2. The quantitative estimate of drug-likeness (QED) is 0.376. The maximum atomic E-state index is 12.8. The minimum Gasteiger partial charge on any atom is -0.490 e. The van der Waals surface area contributed by atoms with Gasteiger partial charge >= 0.3 is 0 Å². The van der Waals surface area contributed by atoms with E-state index in [0.29, 0.717) is 30.2 Å². The van der Waals surface area contributed by atoms with Crippen molar-refractivity contribution in [2.45, 2.75) is 28.7 Å². The predicted molar refractivity (Wildman–Crippen MR) is 124 cm³/mol. The highest BCUT2D eigenvalue weighted by atomic mass is 32.2. The van der Waals surface area contributed by atoms with E-state index in [2.05, 4.69) is 5.32 Å². The fourth-order valence-electron chi connectivity index (χ4n) is 3.54. The van der Waals surface area contributed by atoms with Gasteiger partial charge in [-0.15, -0.1) is 0 Å². The van der Waals surface area contributed by atoms with Crippen LogP contribution in [0, 0.1) is 10.1 Å². The lowest BCUT2D eigenvalue weighted by atomic mass is 10.1. The molecule has 1 N–H and O–H groups in total. The van der Waals surface area contributed by atoms with Crippen molar-refractivity contribution in [3.63, 3.8) is 0 Å². The van der Waals surface area contributed by atoms with Crippen LogP contribution in [0.15, 0.2) is 82.6 Å². The minimum absolute atomic E-state index is 0.000325. The van der Waals surface area contributed by atoms with E-state index in [9.17, 15) is 23.3 Å². The molecular weight excluding hydrogens is 460 g/mol. The SMILES string of the molecule is O=C(Nc1ccc(S(=O)(=O)c2ccc([N+](=O)[O-])cc2)cc1)c1ccccc1OC[C@H]1CCCO1. The van der Waals surface area contributed by atoms with Crippen molar-refractivity contribution in [2.24, 2.45) is 0 Å². The summed E-state index contributed by atoms with van der Waals surface area (Å²) in [6.45, 7) is 1.07. The zero-order valence-electron chi connectivity index (χ0n) is 18.0. The van der Waals surface area contributed by atoms with E-state index in [1.54, 1.807) is 24.3 Å². The molecule has 9 nitrogen and oxygen atoms in total. The first kappa shape index (κ1) is 23.4. The van der Waals surface area contributed by atoms with Crippen LogP contribution in [0.25, 0.3) is 0 Å². The van der Waals surface area contributed by atoms with Crippen LogP contribution >= 0.6 is 0 Å². The van der Waals surface area contributed by atoms with Crippen LogP contribution in [-0.2, 0) is 14.6 Å². The minimum atomic E-state index is -3.87. The summed E-state index contributed by atoms with van der Waals surface area (Å²) in [6, 6.07) is 17.2. The topological polar surface area (TPSA) is 125 Å². The molecule has 0 radical (unpaired) electrons. The van der Waals surface area contributed by atoms with Gasteiger partial charge in [-0.3, -0.25) is 14.9 Å². The molecule has 1 amide bonds. The molecule has 0 spiro atoms. The van der Waals surface area contributed by atoms with Gasteiger partial charge in [0.1, 0.15) is 12.4 Å². The molecule has 34 heavy (non-hydrogen) atoms. The molecule has 0 unspecified atom stereocenters. The summed E-state index contributed by atoms with van der Waals surface area (Å²) in [5.74, 6) is 0.0433. The Kier molecular flexibility index (Phi) is 6.90. The summed E-state index contributed by atoms with van der Waals surface area (Å²) in [7, 11) is -3.87. The standard InChI is InChI=1S/C24H22N2O7S/c27-24(22-5-1-2-6-23(22)33-16-19-4-3-15-32-19)25-17-7-11-20(12-8-17)34(30,31)21-13-9-18(10-14-21)26(28)29/h1-2,5-14,19H,3-4,15-16H2,(H,25,27)/t19-/m1/s1. The van der Waals surface area contributed by atoms with Gasteiger partial charge in [-0.2, -0.15) is 0 Å². The number of carbonyl (C=O) groups is 1. The number of rotatable bonds is 8. The highest BCUT2D eigenvalue weighted by molar-refractivity contribution is 7.91. The molecule has 1 saturated heterocycles. The second kappa shape index (κ2) is 10.0. The van der Waals surface area contributed by atoms with E-state index in [1.165, 1.54) is 36.4 Å². The number of nitrogens with zero attached hydrogens (tertiary/aromatic N) is 1. The molecule has 0 aromatic heterocycles. The summed E-state index contributed by atoms with van der Waals surface area (Å²) in [5, 5.41) is 13.5. The number of non-ortho nitro benzene ring substituents is 1. The average Bonchev–Trinajstić information content (AvgIpc) is 3.37. The molecule has 0 bridgehead atoms. The van der Waals surface area contributed by atoms with Crippen molar-refractivity contribution in [1.29, 1.82) is 0 Å². The van der Waals surface area contributed by atoms with Gasteiger partial charge in [0.2, 0.25) is 9.84 Å². The monoisotopic (exact) mass is 482 g/mol. The van der Waals surface area contributed by atoms with E-state index in [-0.39, 0.29) is 21.6 Å². The first-order valence-corrected chi connectivity index (χ1v) is 12.1. The summed E-state index contributed by atoms with van der Waals surface area (Å²) in [4.78, 5) is 23.0. The maximum absolute atomic E-state index is 12.8. The van der Waals surface area contributed by atoms with Gasteiger partial charge in [0, 0.05) is 24.4 Å². The lowest BCUT2D eigenvalue weighted by Crippen LogP contribution is -2.19. The van der Waals surface area contributed by atoms with Crippen molar-refractivity contribution in [3.8, 4) is 5.75 Å². The molecule has 10 heteroatoms. The highest BCUT2D eigenvalue weighted by Gasteiger charge is 2.20. The first-order chi connectivity index (χ1) is 16.3. The van der Waals surface area contributed by atoms with Gasteiger partial charge in [0.25, 0.3) is 11.6 Å². The Morgan fingerprint density at radius 1 is 1.03 bits per heavy atom. The van der Waals surface area contributed by atoms with Gasteiger partial charge in [-0.1, -0.05) is 12.1 Å². The van der Waals surface area contributed by atoms with Crippen LogP contribution < -0.4 is 10.1 Å². The Balaban J connectivity index is 1.45. The molecule has 1 fully saturated rings. The summed E-state index contributed by atoms with van der Waals surface area (Å²) in [6.07, 6.45) is 1.93. The third kappa shape index (κ3) is 5.24. The maximum Gasteiger partial charge on any atom is 0.269 e. The number of amides is 1. The number of hydrogen-bond donors (Lipinski definition) is 1. The van der Waals surface area contributed by atoms with Crippen LogP contribution in [0.5, 0.6) is 5.75 Å². The summed E-state index contributed by atoms with van der Waals surface area (Å²) < 4.78 is 37.0. The lowest BCUT2D eigenvalue weighted by molar-refractivity contribution is -0.384. The highest BCUT2D eigenvalue weighted by Crippen LogP contribution is 2.25. The van der Waals surface area contributed by atoms with Crippen molar-refractivity contribution >= 4 is 27.1 Å². The first-order valence-electron chi connectivity index (χ1n) is 10.6. The van der Waals surface area contributed by atoms with Crippen LogP contribution in [0.4, 0.5) is 11.4 Å². The third-order valence-electron chi connectivity index (χ3n) is 5.36. The molecule has 1 aliphatic heterocycles. The Morgan fingerprint density at radius 3 is 2.29 bits per heavy atom. The normalized spacial score (nSPS) is 15.6. The summed E-state index contributed by atoms with van der Waals surface area (Å²) in [5.41, 5.74) is 0.557. The molecule has 1 aliphatic rings. The van der Waals surface area contributed by atoms with E-state index in [4.69, 9.17) is 9.47 Å². The zero-order chi connectivity index (χ0) is 24.1. The molecule has 4 rings (SSSR count). The number of nitrogens with one attached hydrogen (secondary N) is 1. The Hall–Kier alpha value is -3.76. The molecule has 1 heterocycles. The van der Waals surface area contributed by atoms with Gasteiger partial charge in [-0.05, 0) is 61.4 Å². The molecular formula is C24H22N2O7S. The van der Waals surface area contributed by atoms with Crippen LogP contribution in [0.1, 0.15) is 23.2 Å². The number of hydrogen-bond acceptors (Lipinski definition) is 7. The molecule has 176 valence electrons. The molecule has 3 aromatic rings. The summed E-state index contributed by atoms with van der Waals surface area (Å²) >= 11 is 0. The third-order valence-corrected chi connectivity index (χ3v) is 7.15. The van der Waals surface area contributed by atoms with E-state index < -0.39 is 20.7 Å². The zero-order valence-corrected chi connectivity index (χ0v) is 18.9. The van der Waals surface area contributed by atoms with Crippen molar-refractivity contribution in [2.75, 3.05) is 18.5 Å². The largest absolute Gasteiger partial charge is 0.490 e. The molecule has 1 atom stereocenters. The van der Waals surface area contributed by atoms with Crippen molar-refractivity contribution < 1.29 is 27.6 Å². The van der Waals surface area contributed by atoms with Gasteiger partial charge in [0.05, 0.1) is 26.4 Å². The second-order valence-electron chi connectivity index (χ2n) is 7.68. The number of para-hydroxylation sites is 1. The van der Waals surface area contributed by atoms with Crippen molar-refractivity contribution in [3.05, 3.63) is 88.5 Å². The Bertz CT molecular complexity index is 1280. The van der Waals surface area contributed by atoms with Crippen LogP contribution in [-0.4, -0.2) is 38.6 Å². The van der Waals surface area contributed by atoms with Gasteiger partial charge in [-0.25, -0.2) is 8.42 Å².